The van der Waals surface area contributed by atoms with Crippen molar-refractivity contribution in [3.8, 4) is 5.75 Å². The van der Waals surface area contributed by atoms with Crippen molar-refractivity contribution < 1.29 is 27.8 Å². The number of halogens is 4. The lowest BCUT2D eigenvalue weighted by atomic mass is 9.73. The number of fused-ring (bicyclic) bond motifs is 1. The number of aromatic hydroxyl groups is 1. The number of alkyl halides is 3. The molecule has 0 aliphatic carbocycles. The second kappa shape index (κ2) is 7.33. The predicted molar refractivity (Wildman–Crippen MR) is 105 cm³/mol. The van der Waals surface area contributed by atoms with Gasteiger partial charge in [-0.1, -0.05) is 26.0 Å². The summed E-state index contributed by atoms with van der Waals surface area (Å²) < 4.78 is 55.6. The lowest BCUT2D eigenvalue weighted by molar-refractivity contribution is -0.266. The van der Waals surface area contributed by atoms with Crippen LogP contribution in [0.4, 0.5) is 23.2 Å². The predicted octanol–water partition coefficient (Wildman–Crippen LogP) is 5.77. The van der Waals surface area contributed by atoms with Crippen molar-refractivity contribution in [3.63, 3.8) is 0 Å². The van der Waals surface area contributed by atoms with Gasteiger partial charge < -0.3 is 15.2 Å². The van der Waals surface area contributed by atoms with Gasteiger partial charge >= 0.3 is 6.18 Å². The average molecular weight is 420 g/mol. The fraction of sp³-hybridized carbons (Fsp3) is 0.318. The van der Waals surface area contributed by atoms with Crippen LogP contribution in [0.1, 0.15) is 31.5 Å². The van der Waals surface area contributed by atoms with Crippen LogP contribution in [0.5, 0.6) is 5.75 Å². The minimum Gasteiger partial charge on any atom is -0.508 e. The van der Waals surface area contributed by atoms with Crippen LogP contribution in [0.15, 0.2) is 42.5 Å². The molecule has 0 bridgehead atoms. The van der Waals surface area contributed by atoms with E-state index in [-0.39, 0.29) is 22.7 Å². The molecule has 0 aliphatic rings. The van der Waals surface area contributed by atoms with Crippen LogP contribution in [-0.4, -0.2) is 27.0 Å². The zero-order valence-corrected chi connectivity index (χ0v) is 16.3. The molecule has 2 aromatic carbocycles. The van der Waals surface area contributed by atoms with Crippen molar-refractivity contribution in [1.82, 2.24) is 4.98 Å². The maximum atomic E-state index is 14.0. The topological polar surface area (TPSA) is 60.6 Å². The number of H-pyrrole nitrogens is 1. The molecule has 30 heavy (non-hydrogen) atoms. The standard InChI is InChI=1S/C22H20F4N2O2/c1-20(2,16-9-13(23)7-8-19(16)29)12-21(30,22(24,25)26)11-14-10-15-17(27-3)5-4-6-18(15)28-14/h4-10,28-30H,11-12H2,1-2H3. The molecule has 0 saturated carbocycles. The normalized spacial score (nSPS) is 14.5. The van der Waals surface area contributed by atoms with Gasteiger partial charge in [0, 0.05) is 28.6 Å². The summed E-state index contributed by atoms with van der Waals surface area (Å²) in [5.74, 6) is -1.05. The summed E-state index contributed by atoms with van der Waals surface area (Å²) in [6.45, 7) is 10.00. The maximum Gasteiger partial charge on any atom is 0.417 e. The molecule has 1 aromatic heterocycles. The van der Waals surface area contributed by atoms with Gasteiger partial charge in [-0.25, -0.2) is 9.24 Å². The Balaban J connectivity index is 2.01. The lowest BCUT2D eigenvalue weighted by Crippen LogP contribution is -2.50. The largest absolute Gasteiger partial charge is 0.508 e. The van der Waals surface area contributed by atoms with Crippen LogP contribution in [-0.2, 0) is 11.8 Å². The third-order valence-corrected chi connectivity index (χ3v) is 5.25. The number of aliphatic hydroxyl groups is 1. The molecule has 3 rings (SSSR count). The van der Waals surface area contributed by atoms with Gasteiger partial charge in [-0.05, 0) is 42.2 Å². The van der Waals surface area contributed by atoms with Gasteiger partial charge in [0.15, 0.2) is 11.3 Å². The number of aromatic nitrogens is 1. The molecular formula is C22H20F4N2O2. The molecule has 0 fully saturated rings. The average Bonchev–Trinajstić information content (AvgIpc) is 3.04. The van der Waals surface area contributed by atoms with Gasteiger partial charge in [0.1, 0.15) is 11.6 Å². The zero-order chi connectivity index (χ0) is 22.3. The Labute approximate surface area is 170 Å². The van der Waals surface area contributed by atoms with E-state index in [1.807, 2.05) is 0 Å². The summed E-state index contributed by atoms with van der Waals surface area (Å²) >= 11 is 0. The van der Waals surface area contributed by atoms with Crippen molar-refractivity contribution in [2.45, 2.75) is 43.9 Å². The Kier molecular flexibility index (Phi) is 5.29. The zero-order valence-electron chi connectivity index (χ0n) is 16.3. The van der Waals surface area contributed by atoms with Gasteiger partial charge in [-0.3, -0.25) is 0 Å². The van der Waals surface area contributed by atoms with Crippen molar-refractivity contribution in [1.29, 1.82) is 0 Å². The van der Waals surface area contributed by atoms with E-state index in [4.69, 9.17) is 6.57 Å². The second-order valence-corrected chi connectivity index (χ2v) is 8.07. The van der Waals surface area contributed by atoms with Crippen LogP contribution < -0.4 is 0 Å². The van der Waals surface area contributed by atoms with E-state index in [2.05, 4.69) is 9.83 Å². The Morgan fingerprint density at radius 1 is 1.10 bits per heavy atom. The van der Waals surface area contributed by atoms with Crippen molar-refractivity contribution in [2.24, 2.45) is 0 Å². The highest BCUT2D eigenvalue weighted by molar-refractivity contribution is 5.93. The molecule has 3 aromatic rings. The Morgan fingerprint density at radius 3 is 2.43 bits per heavy atom. The fourth-order valence-electron chi connectivity index (χ4n) is 3.84. The highest BCUT2D eigenvalue weighted by Crippen LogP contribution is 2.45. The number of phenolic OH excluding ortho intramolecular Hbond substituents is 1. The van der Waals surface area contributed by atoms with E-state index >= 15 is 0 Å². The number of nitrogens with zero attached hydrogens (tertiary/aromatic N) is 1. The molecule has 0 radical (unpaired) electrons. The van der Waals surface area contributed by atoms with E-state index in [0.717, 1.165) is 18.2 Å². The molecule has 0 saturated heterocycles. The van der Waals surface area contributed by atoms with Crippen LogP contribution in [0.3, 0.4) is 0 Å². The number of rotatable bonds is 5. The highest BCUT2D eigenvalue weighted by atomic mass is 19.4. The van der Waals surface area contributed by atoms with Crippen molar-refractivity contribution >= 4 is 16.6 Å². The number of phenols is 1. The minimum atomic E-state index is -4.99. The molecule has 158 valence electrons. The van der Waals surface area contributed by atoms with Gasteiger partial charge in [-0.2, -0.15) is 13.2 Å². The first-order valence-corrected chi connectivity index (χ1v) is 9.12. The molecule has 0 spiro atoms. The number of nitrogens with one attached hydrogen (secondary N) is 1. The highest BCUT2D eigenvalue weighted by Gasteiger charge is 2.56. The first kappa shape index (κ1) is 21.7. The molecule has 1 heterocycles. The number of hydrogen-bond acceptors (Lipinski definition) is 2. The Morgan fingerprint density at radius 2 is 1.80 bits per heavy atom. The first-order valence-electron chi connectivity index (χ1n) is 9.12. The number of benzene rings is 2. The molecule has 1 unspecified atom stereocenters. The molecular weight excluding hydrogens is 400 g/mol. The fourth-order valence-corrected chi connectivity index (χ4v) is 3.84. The minimum absolute atomic E-state index is 0.0304. The summed E-state index contributed by atoms with van der Waals surface area (Å²) in [5, 5.41) is 21.2. The van der Waals surface area contributed by atoms with Crippen molar-refractivity contribution in [3.05, 3.63) is 71.0 Å². The summed E-state index contributed by atoms with van der Waals surface area (Å²) in [5.41, 5.74) is -3.70. The molecule has 1 atom stereocenters. The Hall–Kier alpha value is -3.05. The molecule has 0 aliphatic heterocycles. The van der Waals surface area contributed by atoms with Crippen LogP contribution in [0.25, 0.3) is 15.7 Å². The first-order chi connectivity index (χ1) is 13.9. The molecule has 0 amide bonds. The molecule has 3 N–H and O–H groups in total. The molecule has 4 nitrogen and oxygen atoms in total. The number of aromatic amines is 1. The van der Waals surface area contributed by atoms with Crippen LogP contribution in [0, 0.1) is 12.4 Å². The SMILES string of the molecule is [C-]#[N+]c1cccc2[nH]c(CC(O)(CC(C)(C)c3cc(F)ccc3O)C(F)(F)F)cc12. The van der Waals surface area contributed by atoms with E-state index in [9.17, 15) is 27.8 Å². The smallest absolute Gasteiger partial charge is 0.417 e. The second-order valence-electron chi connectivity index (χ2n) is 8.07. The summed E-state index contributed by atoms with van der Waals surface area (Å²) in [7, 11) is 0. The summed E-state index contributed by atoms with van der Waals surface area (Å²) in [6.07, 6.45) is -6.60. The van der Waals surface area contributed by atoms with E-state index < -0.39 is 35.9 Å². The number of hydrogen-bond donors (Lipinski definition) is 3. The molecule has 8 heteroatoms. The third kappa shape index (κ3) is 3.98. The maximum absolute atomic E-state index is 14.0. The van der Waals surface area contributed by atoms with Gasteiger partial charge in [0.2, 0.25) is 0 Å². The van der Waals surface area contributed by atoms with E-state index in [0.29, 0.717) is 10.9 Å². The monoisotopic (exact) mass is 420 g/mol. The quantitative estimate of drug-likeness (QED) is 0.363. The van der Waals surface area contributed by atoms with Gasteiger partial charge in [0.25, 0.3) is 0 Å². The van der Waals surface area contributed by atoms with Gasteiger partial charge in [-0.15, -0.1) is 0 Å². The van der Waals surface area contributed by atoms with E-state index in [1.54, 1.807) is 18.2 Å². The van der Waals surface area contributed by atoms with Crippen LogP contribution in [0.2, 0.25) is 0 Å². The Bertz CT molecular complexity index is 1130. The summed E-state index contributed by atoms with van der Waals surface area (Å²) in [4.78, 5) is 6.19. The third-order valence-electron chi connectivity index (χ3n) is 5.25. The summed E-state index contributed by atoms with van der Waals surface area (Å²) in [6, 6.07) is 9.27. The lowest BCUT2D eigenvalue weighted by Gasteiger charge is -2.38. The van der Waals surface area contributed by atoms with Crippen molar-refractivity contribution in [2.75, 3.05) is 0 Å². The van der Waals surface area contributed by atoms with Crippen LogP contribution >= 0.6 is 0 Å². The van der Waals surface area contributed by atoms with Gasteiger partial charge in [0.05, 0.1) is 6.57 Å². The van der Waals surface area contributed by atoms with E-state index in [1.165, 1.54) is 19.9 Å².